The second-order valence-corrected chi connectivity index (χ2v) is 14.4. The van der Waals surface area contributed by atoms with Gasteiger partial charge in [-0.3, -0.25) is 0 Å². The summed E-state index contributed by atoms with van der Waals surface area (Å²) in [5.41, 5.74) is 15.9. The van der Waals surface area contributed by atoms with Gasteiger partial charge in [-0.1, -0.05) is 158 Å². The number of fused-ring (bicyclic) bond motifs is 6. The number of furan rings is 2. The number of para-hydroxylation sites is 2. The number of anilines is 3. The van der Waals surface area contributed by atoms with Gasteiger partial charge in [0.1, 0.15) is 22.3 Å². The van der Waals surface area contributed by atoms with E-state index in [4.69, 9.17) is 8.83 Å². The average molecular weight is 730 g/mol. The molecule has 11 aromatic rings. The van der Waals surface area contributed by atoms with Crippen LogP contribution in [-0.4, -0.2) is 0 Å². The van der Waals surface area contributed by atoms with Crippen LogP contribution in [0, 0.1) is 0 Å². The molecule has 0 bridgehead atoms. The molecule has 0 aliphatic carbocycles. The maximum Gasteiger partial charge on any atom is 0.137 e. The summed E-state index contributed by atoms with van der Waals surface area (Å²) in [6.45, 7) is 0. The van der Waals surface area contributed by atoms with E-state index in [9.17, 15) is 0 Å². The highest BCUT2D eigenvalue weighted by Crippen LogP contribution is 2.50. The van der Waals surface area contributed by atoms with Crippen molar-refractivity contribution in [1.82, 2.24) is 0 Å². The van der Waals surface area contributed by atoms with Crippen LogP contribution in [0.15, 0.2) is 221 Å². The molecule has 2 aromatic heterocycles. The molecule has 0 atom stereocenters. The summed E-state index contributed by atoms with van der Waals surface area (Å²) in [7, 11) is 0. The Balaban J connectivity index is 1.17. The molecule has 3 nitrogen and oxygen atoms in total. The molecular formula is C54H35NO2. The summed E-state index contributed by atoms with van der Waals surface area (Å²) in [4.78, 5) is 2.42. The molecule has 0 aliphatic heterocycles. The molecule has 9 aromatic carbocycles. The number of hydrogen-bond acceptors (Lipinski definition) is 3. The van der Waals surface area contributed by atoms with Crippen molar-refractivity contribution in [2.45, 2.75) is 0 Å². The second-order valence-electron chi connectivity index (χ2n) is 14.4. The lowest BCUT2D eigenvalue weighted by Gasteiger charge is -2.30. The van der Waals surface area contributed by atoms with Crippen molar-refractivity contribution in [3.63, 3.8) is 0 Å². The summed E-state index contributed by atoms with van der Waals surface area (Å²) in [5.74, 6) is 0. The topological polar surface area (TPSA) is 29.5 Å². The van der Waals surface area contributed by atoms with E-state index in [0.29, 0.717) is 0 Å². The van der Waals surface area contributed by atoms with E-state index in [1.807, 2.05) is 18.2 Å². The van der Waals surface area contributed by atoms with Crippen LogP contribution in [0.25, 0.3) is 88.4 Å². The number of benzene rings is 9. The van der Waals surface area contributed by atoms with Gasteiger partial charge < -0.3 is 13.7 Å². The standard InChI is InChI=1S/C54H35NO2/c1-3-15-37(16-4-1)41-19-7-8-21-44(41)53-42(38-17-5-2-6-18-38)23-13-24-47(53)55(48-25-14-28-52-54(48)45-22-10-12-27-50(45)57-52)40-32-29-36(30-33-40)39-31-34-51-46(35-39)43-20-9-11-26-49(43)56-51/h1-35H. The summed E-state index contributed by atoms with van der Waals surface area (Å²) in [6.07, 6.45) is 0. The number of hydrogen-bond donors (Lipinski definition) is 0. The maximum atomic E-state index is 6.50. The van der Waals surface area contributed by atoms with Crippen molar-refractivity contribution in [3.05, 3.63) is 212 Å². The fraction of sp³-hybridized carbons (Fsp3) is 0. The first-order valence-corrected chi connectivity index (χ1v) is 19.3. The zero-order chi connectivity index (χ0) is 37.7. The average Bonchev–Trinajstić information content (AvgIpc) is 3.86. The third-order valence-corrected chi connectivity index (χ3v) is 11.1. The monoisotopic (exact) mass is 729 g/mol. The third-order valence-electron chi connectivity index (χ3n) is 11.1. The van der Waals surface area contributed by atoms with Crippen LogP contribution >= 0.6 is 0 Å². The van der Waals surface area contributed by atoms with Gasteiger partial charge in [0.05, 0.1) is 16.8 Å². The Morgan fingerprint density at radius 2 is 0.825 bits per heavy atom. The van der Waals surface area contributed by atoms with E-state index in [0.717, 1.165) is 94.3 Å². The fourth-order valence-electron chi connectivity index (χ4n) is 8.50. The number of nitrogens with zero attached hydrogens (tertiary/aromatic N) is 1. The Labute approximate surface area is 330 Å². The van der Waals surface area contributed by atoms with Crippen molar-refractivity contribution in [2.75, 3.05) is 4.90 Å². The quantitative estimate of drug-likeness (QED) is 0.164. The maximum absolute atomic E-state index is 6.50. The van der Waals surface area contributed by atoms with E-state index < -0.39 is 0 Å². The lowest BCUT2D eigenvalue weighted by Crippen LogP contribution is -2.12. The molecule has 2 heterocycles. The van der Waals surface area contributed by atoms with Gasteiger partial charge >= 0.3 is 0 Å². The van der Waals surface area contributed by atoms with E-state index >= 15 is 0 Å². The zero-order valence-corrected chi connectivity index (χ0v) is 31.0. The molecule has 0 amide bonds. The third kappa shape index (κ3) is 5.60. The van der Waals surface area contributed by atoms with Crippen molar-refractivity contribution in [3.8, 4) is 44.5 Å². The molecule has 11 rings (SSSR count). The highest BCUT2D eigenvalue weighted by molar-refractivity contribution is 6.14. The minimum atomic E-state index is 0.849. The Hall–Kier alpha value is -7.62. The summed E-state index contributed by atoms with van der Waals surface area (Å²) in [6, 6.07) is 75.3. The lowest BCUT2D eigenvalue weighted by molar-refractivity contribution is 0.668. The van der Waals surface area contributed by atoms with E-state index in [2.05, 4.69) is 199 Å². The largest absolute Gasteiger partial charge is 0.456 e. The second kappa shape index (κ2) is 13.6. The Kier molecular flexibility index (Phi) is 7.82. The number of rotatable bonds is 7. The van der Waals surface area contributed by atoms with Gasteiger partial charge in [-0.05, 0) is 93.5 Å². The van der Waals surface area contributed by atoms with Crippen LogP contribution in [0.2, 0.25) is 0 Å². The molecule has 0 saturated carbocycles. The highest BCUT2D eigenvalue weighted by Gasteiger charge is 2.25. The van der Waals surface area contributed by atoms with E-state index in [1.54, 1.807) is 0 Å². The molecule has 57 heavy (non-hydrogen) atoms. The van der Waals surface area contributed by atoms with Gasteiger partial charge in [-0.2, -0.15) is 0 Å². The smallest absolute Gasteiger partial charge is 0.137 e. The summed E-state index contributed by atoms with van der Waals surface area (Å²) in [5, 5.41) is 4.39. The van der Waals surface area contributed by atoms with Crippen molar-refractivity contribution in [2.24, 2.45) is 0 Å². The minimum absolute atomic E-state index is 0.849. The van der Waals surface area contributed by atoms with Gasteiger partial charge in [0.2, 0.25) is 0 Å². The van der Waals surface area contributed by atoms with Crippen molar-refractivity contribution >= 4 is 60.9 Å². The molecule has 0 aliphatic rings. The Bertz CT molecular complexity index is 3230. The SMILES string of the molecule is c1ccc(-c2ccccc2-c2c(-c3ccccc3)cccc2N(c2ccc(-c3ccc4oc5ccccc5c4c3)cc2)c2cccc3oc4ccccc4c23)cc1. The normalized spacial score (nSPS) is 11.5. The predicted octanol–water partition coefficient (Wildman–Crippen LogP) is 15.6. The predicted molar refractivity (Wildman–Crippen MR) is 237 cm³/mol. The molecule has 0 fully saturated rings. The first kappa shape index (κ1) is 32.8. The van der Waals surface area contributed by atoms with Gasteiger partial charge in [-0.25, -0.2) is 0 Å². The Morgan fingerprint density at radius 1 is 0.298 bits per heavy atom. The van der Waals surface area contributed by atoms with E-state index in [1.165, 1.54) is 11.1 Å². The lowest BCUT2D eigenvalue weighted by atomic mass is 9.87. The summed E-state index contributed by atoms with van der Waals surface area (Å²) >= 11 is 0. The molecule has 0 radical (unpaired) electrons. The van der Waals surface area contributed by atoms with Crippen LogP contribution in [-0.2, 0) is 0 Å². The molecular weight excluding hydrogens is 695 g/mol. The van der Waals surface area contributed by atoms with Crippen LogP contribution in [0.4, 0.5) is 17.1 Å². The van der Waals surface area contributed by atoms with Gasteiger partial charge in [0, 0.05) is 27.4 Å². The first-order chi connectivity index (χ1) is 28.3. The Morgan fingerprint density at radius 3 is 1.60 bits per heavy atom. The van der Waals surface area contributed by atoms with Gasteiger partial charge in [0.25, 0.3) is 0 Å². The van der Waals surface area contributed by atoms with Crippen LogP contribution in [0.3, 0.4) is 0 Å². The van der Waals surface area contributed by atoms with Crippen LogP contribution < -0.4 is 4.90 Å². The molecule has 0 saturated heterocycles. The molecule has 0 spiro atoms. The zero-order valence-electron chi connectivity index (χ0n) is 31.0. The van der Waals surface area contributed by atoms with Crippen LogP contribution in [0.5, 0.6) is 0 Å². The van der Waals surface area contributed by atoms with Gasteiger partial charge in [-0.15, -0.1) is 0 Å². The molecule has 3 heteroatoms. The fourth-order valence-corrected chi connectivity index (χ4v) is 8.50. The van der Waals surface area contributed by atoms with Crippen molar-refractivity contribution < 1.29 is 8.83 Å². The van der Waals surface area contributed by atoms with E-state index in [-0.39, 0.29) is 0 Å². The minimum Gasteiger partial charge on any atom is -0.456 e. The van der Waals surface area contributed by atoms with Crippen molar-refractivity contribution in [1.29, 1.82) is 0 Å². The molecule has 268 valence electrons. The first-order valence-electron chi connectivity index (χ1n) is 19.3. The van der Waals surface area contributed by atoms with Gasteiger partial charge in [0.15, 0.2) is 0 Å². The highest BCUT2D eigenvalue weighted by atomic mass is 16.3. The van der Waals surface area contributed by atoms with Crippen LogP contribution in [0.1, 0.15) is 0 Å². The molecule has 0 unspecified atom stereocenters. The summed E-state index contributed by atoms with van der Waals surface area (Å²) < 4.78 is 12.7. The molecule has 0 N–H and O–H groups in total.